The van der Waals surface area contributed by atoms with Crippen LogP contribution in [0.4, 0.5) is 13.2 Å². The second-order valence-electron chi connectivity index (χ2n) is 6.22. The lowest BCUT2D eigenvalue weighted by atomic mass is 10.1. The first-order chi connectivity index (χ1) is 12.9. The molecule has 0 aromatic heterocycles. The van der Waals surface area contributed by atoms with E-state index in [9.17, 15) is 18.0 Å². The number of alkyl halides is 3. The molecular weight excluding hydrogens is 363 g/mol. The molecule has 3 rings (SSSR count). The number of amidine groups is 1. The van der Waals surface area contributed by atoms with E-state index < -0.39 is 17.8 Å². The number of hydrogen-bond acceptors (Lipinski definition) is 6. The number of benzene rings is 1. The Morgan fingerprint density at radius 2 is 1.85 bits per heavy atom. The number of halogens is 3. The van der Waals surface area contributed by atoms with E-state index >= 15 is 0 Å². The third kappa shape index (κ3) is 3.77. The number of ether oxygens (including phenoxy) is 2. The van der Waals surface area contributed by atoms with Crippen LogP contribution >= 0.6 is 0 Å². The topological polar surface area (TPSA) is 63.5 Å². The molecule has 9 heteroatoms. The second-order valence-corrected chi connectivity index (χ2v) is 6.22. The van der Waals surface area contributed by atoms with Gasteiger partial charge in [-0.2, -0.15) is 23.2 Å². The van der Waals surface area contributed by atoms with Crippen LogP contribution in [0, 0.1) is 0 Å². The lowest BCUT2D eigenvalue weighted by Crippen LogP contribution is -2.55. The summed E-state index contributed by atoms with van der Waals surface area (Å²) in [7, 11) is 0. The van der Waals surface area contributed by atoms with Crippen molar-refractivity contribution in [3.05, 3.63) is 35.9 Å². The molecule has 0 N–H and O–H groups in total. The molecule has 1 fully saturated rings. The first-order valence-corrected chi connectivity index (χ1v) is 8.79. The highest BCUT2D eigenvalue weighted by Crippen LogP contribution is 2.39. The Hall–Kier alpha value is -2.58. The van der Waals surface area contributed by atoms with Crippen molar-refractivity contribution in [3.63, 3.8) is 0 Å². The summed E-state index contributed by atoms with van der Waals surface area (Å²) in [4.78, 5) is 21.2. The molecule has 1 aromatic rings. The Bertz CT molecular complexity index is 743. The Morgan fingerprint density at radius 1 is 1.19 bits per heavy atom. The Labute approximate surface area is 154 Å². The maximum absolute atomic E-state index is 14.0. The Morgan fingerprint density at radius 3 is 2.44 bits per heavy atom. The summed E-state index contributed by atoms with van der Waals surface area (Å²) in [6.45, 7) is 2.20. The molecule has 1 aromatic carbocycles. The van der Waals surface area contributed by atoms with Gasteiger partial charge in [0.25, 0.3) is 6.02 Å². The van der Waals surface area contributed by atoms with Crippen molar-refractivity contribution in [1.82, 2.24) is 4.90 Å². The second kappa shape index (κ2) is 7.58. The van der Waals surface area contributed by atoms with Gasteiger partial charge in [0, 0.05) is 18.7 Å². The summed E-state index contributed by atoms with van der Waals surface area (Å²) in [6, 6.07) is 7.87. The normalized spacial score (nSPS) is 23.2. The van der Waals surface area contributed by atoms with Crippen molar-refractivity contribution in [3.8, 4) is 0 Å². The van der Waals surface area contributed by atoms with Gasteiger partial charge in [0.1, 0.15) is 0 Å². The van der Waals surface area contributed by atoms with Gasteiger partial charge in [-0.05, 0) is 38.3 Å². The average molecular weight is 383 g/mol. The van der Waals surface area contributed by atoms with E-state index in [1.165, 1.54) is 6.92 Å². The minimum Gasteiger partial charge on any atom is -0.462 e. The maximum atomic E-state index is 14.0. The van der Waals surface area contributed by atoms with E-state index in [-0.39, 0.29) is 18.5 Å². The molecule has 0 radical (unpaired) electrons. The van der Waals surface area contributed by atoms with Crippen LogP contribution in [-0.2, 0) is 14.3 Å². The van der Waals surface area contributed by atoms with Crippen LogP contribution in [-0.4, -0.2) is 54.3 Å². The number of aliphatic imine (C=N–C) groups is 2. The van der Waals surface area contributed by atoms with E-state index in [0.29, 0.717) is 18.7 Å². The molecule has 0 aliphatic carbocycles. The number of rotatable bonds is 3. The number of carbonyl (C=O) groups excluding carboxylic acids is 1. The van der Waals surface area contributed by atoms with Crippen molar-refractivity contribution < 1.29 is 27.4 Å². The molecular formula is C18H20F3N3O3. The third-order valence-electron chi connectivity index (χ3n) is 4.31. The van der Waals surface area contributed by atoms with E-state index in [2.05, 4.69) is 14.7 Å². The van der Waals surface area contributed by atoms with Crippen molar-refractivity contribution in [2.45, 2.75) is 38.0 Å². The van der Waals surface area contributed by atoms with Crippen LogP contribution < -0.4 is 0 Å². The van der Waals surface area contributed by atoms with Crippen LogP contribution in [0.3, 0.4) is 0 Å². The van der Waals surface area contributed by atoms with Crippen LogP contribution in [0.1, 0.15) is 31.7 Å². The van der Waals surface area contributed by atoms with Crippen molar-refractivity contribution in [2.24, 2.45) is 9.98 Å². The van der Waals surface area contributed by atoms with E-state index in [1.54, 1.807) is 35.2 Å². The summed E-state index contributed by atoms with van der Waals surface area (Å²) < 4.78 is 52.3. The van der Waals surface area contributed by atoms with Crippen LogP contribution in [0.5, 0.6) is 0 Å². The van der Waals surface area contributed by atoms with Crippen LogP contribution in [0.2, 0.25) is 0 Å². The lowest BCUT2D eigenvalue weighted by molar-refractivity contribution is -0.204. The molecule has 2 aliphatic heterocycles. The summed E-state index contributed by atoms with van der Waals surface area (Å²) in [6.07, 6.45) is -2.49. The van der Waals surface area contributed by atoms with Gasteiger partial charge < -0.3 is 14.4 Å². The van der Waals surface area contributed by atoms with Gasteiger partial charge in [-0.25, -0.2) is 4.79 Å². The zero-order valence-corrected chi connectivity index (χ0v) is 14.8. The van der Waals surface area contributed by atoms with E-state index in [4.69, 9.17) is 4.74 Å². The van der Waals surface area contributed by atoms with E-state index in [0.717, 1.165) is 19.3 Å². The molecule has 146 valence electrons. The molecule has 2 aliphatic rings. The maximum Gasteiger partial charge on any atom is 0.446 e. The first-order valence-electron chi connectivity index (χ1n) is 8.79. The monoisotopic (exact) mass is 383 g/mol. The SMILES string of the molecule is CCOC(=O)C1(C(F)(F)F)N=C(c2ccccc2)OC(N2CCCCC2)=N1. The minimum absolute atomic E-state index is 0.220. The summed E-state index contributed by atoms with van der Waals surface area (Å²) >= 11 is 0. The van der Waals surface area contributed by atoms with Crippen LogP contribution in [0.25, 0.3) is 0 Å². The zero-order valence-electron chi connectivity index (χ0n) is 14.8. The van der Waals surface area contributed by atoms with Gasteiger partial charge in [-0.15, -0.1) is 0 Å². The molecule has 1 saturated heterocycles. The van der Waals surface area contributed by atoms with Gasteiger partial charge in [0.15, 0.2) is 0 Å². The molecule has 6 nitrogen and oxygen atoms in total. The molecule has 0 spiro atoms. The molecule has 1 unspecified atom stereocenters. The summed E-state index contributed by atoms with van der Waals surface area (Å²) in [5.74, 6) is -1.87. The Kier molecular flexibility index (Phi) is 5.38. The van der Waals surface area contributed by atoms with Gasteiger partial charge in [-0.3, -0.25) is 0 Å². The number of hydrogen-bond donors (Lipinski definition) is 0. The van der Waals surface area contributed by atoms with Crippen molar-refractivity contribution >= 4 is 17.9 Å². The molecule has 0 bridgehead atoms. The highest BCUT2D eigenvalue weighted by molar-refractivity contribution is 6.05. The molecule has 1 atom stereocenters. The predicted molar refractivity (Wildman–Crippen MR) is 92.3 cm³/mol. The molecule has 0 saturated carbocycles. The molecule has 2 heterocycles. The number of nitrogens with zero attached hydrogens (tertiary/aromatic N) is 3. The van der Waals surface area contributed by atoms with Gasteiger partial charge in [-0.1, -0.05) is 18.2 Å². The molecule has 27 heavy (non-hydrogen) atoms. The van der Waals surface area contributed by atoms with E-state index in [1.807, 2.05) is 0 Å². The first kappa shape index (κ1) is 19.2. The van der Waals surface area contributed by atoms with Crippen molar-refractivity contribution in [2.75, 3.05) is 19.7 Å². The van der Waals surface area contributed by atoms with Gasteiger partial charge >= 0.3 is 17.8 Å². The van der Waals surface area contributed by atoms with Crippen LogP contribution in [0.15, 0.2) is 40.3 Å². The number of piperidine rings is 1. The van der Waals surface area contributed by atoms with Gasteiger partial charge in [0.05, 0.1) is 6.61 Å². The number of esters is 1. The fraction of sp³-hybridized carbons (Fsp3) is 0.500. The molecule has 0 amide bonds. The largest absolute Gasteiger partial charge is 0.462 e. The minimum atomic E-state index is -5.08. The quantitative estimate of drug-likeness (QED) is 0.753. The fourth-order valence-corrected chi connectivity index (χ4v) is 2.93. The third-order valence-corrected chi connectivity index (χ3v) is 4.31. The highest BCUT2D eigenvalue weighted by atomic mass is 19.4. The highest BCUT2D eigenvalue weighted by Gasteiger charge is 2.65. The van der Waals surface area contributed by atoms with Crippen molar-refractivity contribution in [1.29, 1.82) is 0 Å². The smallest absolute Gasteiger partial charge is 0.446 e. The predicted octanol–water partition coefficient (Wildman–Crippen LogP) is 3.13. The zero-order chi connectivity index (χ0) is 19.5. The fourth-order valence-electron chi connectivity index (χ4n) is 2.93. The Balaban J connectivity index is 2.12. The summed E-state index contributed by atoms with van der Waals surface area (Å²) in [5.41, 5.74) is -3.06. The number of carbonyl (C=O) groups is 1. The lowest BCUT2D eigenvalue weighted by Gasteiger charge is -2.35. The average Bonchev–Trinajstić information content (AvgIpc) is 2.68. The number of likely N-dealkylation sites (tertiary alicyclic amines) is 1. The van der Waals surface area contributed by atoms with Gasteiger partial charge in [0.2, 0.25) is 5.90 Å². The standard InChI is InChI=1S/C18H20F3N3O3/c1-2-26-15(25)17(18(19,20)21)22-14(13-9-5-3-6-10-13)27-16(23-17)24-11-7-4-8-12-24/h3,5-6,9-10H,2,4,7-8,11-12H2,1H3. The summed E-state index contributed by atoms with van der Waals surface area (Å²) in [5, 5.41) is 0.